The summed E-state index contributed by atoms with van der Waals surface area (Å²) in [5.41, 5.74) is -0.500. The highest BCUT2D eigenvalue weighted by molar-refractivity contribution is 5.92. The zero-order valence-corrected chi connectivity index (χ0v) is 10.6. The quantitative estimate of drug-likeness (QED) is 0.778. The average Bonchev–Trinajstić information content (AvgIpc) is 2.38. The molecule has 0 aromatic heterocycles. The Morgan fingerprint density at radius 3 is 2.40 bits per heavy atom. The molecule has 1 aromatic carbocycles. The minimum absolute atomic E-state index is 0.292. The highest BCUT2D eigenvalue weighted by Gasteiger charge is 2.17. The predicted octanol–water partition coefficient (Wildman–Crippen LogP) is 1.45. The first kappa shape index (κ1) is 16.0. The number of benzene rings is 1. The van der Waals surface area contributed by atoms with Crippen LogP contribution in [0.1, 0.15) is 6.92 Å². The van der Waals surface area contributed by atoms with Crippen LogP contribution in [0.3, 0.4) is 0 Å². The number of aliphatic carboxylic acids is 1. The number of carboxylic acids is 1. The highest BCUT2D eigenvalue weighted by atomic mass is 19.2. The Labute approximate surface area is 113 Å². The molecule has 0 radical (unpaired) electrons. The van der Waals surface area contributed by atoms with E-state index in [4.69, 9.17) is 5.11 Å². The van der Waals surface area contributed by atoms with Crippen molar-refractivity contribution in [3.05, 3.63) is 29.6 Å². The molecule has 1 amide bonds. The number of carbonyl (C=O) groups is 2. The van der Waals surface area contributed by atoms with Crippen LogP contribution in [0.5, 0.6) is 0 Å². The van der Waals surface area contributed by atoms with Gasteiger partial charge in [-0.2, -0.15) is 0 Å². The zero-order valence-electron chi connectivity index (χ0n) is 10.6. The molecule has 0 aliphatic rings. The smallest absolute Gasteiger partial charge is 0.317 e. The first-order chi connectivity index (χ1) is 9.35. The minimum Gasteiger partial charge on any atom is -0.480 e. The second-order valence-electron chi connectivity index (χ2n) is 3.97. The van der Waals surface area contributed by atoms with E-state index in [2.05, 4.69) is 5.32 Å². The van der Waals surface area contributed by atoms with Crippen LogP contribution >= 0.6 is 0 Å². The van der Waals surface area contributed by atoms with Crippen LogP contribution in [0.15, 0.2) is 12.1 Å². The summed E-state index contributed by atoms with van der Waals surface area (Å²) in [6.45, 7) is 1.28. The average molecular weight is 290 g/mol. The standard InChI is InChI=1S/C12H13F3N2O3/c1-2-17(6-10(19)20)5-9(18)16-8-4-3-7(13)11(14)12(8)15/h3-4H,2,5-6H2,1H3,(H,16,18)(H,19,20). The Morgan fingerprint density at radius 1 is 1.20 bits per heavy atom. The molecule has 0 aliphatic heterocycles. The number of hydrogen-bond acceptors (Lipinski definition) is 3. The molecule has 0 spiro atoms. The van der Waals surface area contributed by atoms with E-state index < -0.39 is 35.0 Å². The van der Waals surface area contributed by atoms with Crippen molar-refractivity contribution in [2.75, 3.05) is 25.0 Å². The summed E-state index contributed by atoms with van der Waals surface area (Å²) < 4.78 is 39.0. The van der Waals surface area contributed by atoms with Gasteiger partial charge in [0.1, 0.15) is 0 Å². The lowest BCUT2D eigenvalue weighted by Crippen LogP contribution is -2.36. The molecule has 1 rings (SSSR count). The molecule has 110 valence electrons. The SMILES string of the molecule is CCN(CC(=O)O)CC(=O)Nc1ccc(F)c(F)c1F. The van der Waals surface area contributed by atoms with Gasteiger partial charge in [-0.25, -0.2) is 13.2 Å². The molecule has 0 bridgehead atoms. The molecule has 20 heavy (non-hydrogen) atoms. The van der Waals surface area contributed by atoms with Crippen molar-refractivity contribution in [1.82, 2.24) is 4.90 Å². The summed E-state index contributed by atoms with van der Waals surface area (Å²) in [6, 6.07) is 1.57. The first-order valence-corrected chi connectivity index (χ1v) is 5.72. The van der Waals surface area contributed by atoms with Gasteiger partial charge in [0.15, 0.2) is 17.5 Å². The summed E-state index contributed by atoms with van der Waals surface area (Å²) in [4.78, 5) is 23.4. The third kappa shape index (κ3) is 4.23. The Morgan fingerprint density at radius 2 is 1.85 bits per heavy atom. The Balaban J connectivity index is 2.71. The van der Waals surface area contributed by atoms with Gasteiger partial charge in [-0.3, -0.25) is 14.5 Å². The highest BCUT2D eigenvalue weighted by Crippen LogP contribution is 2.19. The zero-order chi connectivity index (χ0) is 15.3. The van der Waals surface area contributed by atoms with Crippen LogP contribution in [0.2, 0.25) is 0 Å². The number of anilines is 1. The van der Waals surface area contributed by atoms with Gasteiger partial charge in [-0.15, -0.1) is 0 Å². The fourth-order valence-electron chi connectivity index (χ4n) is 1.49. The Kier molecular flexibility index (Phi) is 5.51. The number of hydrogen-bond donors (Lipinski definition) is 2. The molecule has 0 unspecified atom stereocenters. The maximum Gasteiger partial charge on any atom is 0.317 e. The normalized spacial score (nSPS) is 10.7. The maximum atomic E-state index is 13.3. The molecule has 0 atom stereocenters. The summed E-state index contributed by atoms with van der Waals surface area (Å²) in [6.07, 6.45) is 0. The summed E-state index contributed by atoms with van der Waals surface area (Å²) in [5.74, 6) is -6.38. The van der Waals surface area contributed by atoms with Crippen LogP contribution in [0.25, 0.3) is 0 Å². The number of carbonyl (C=O) groups excluding carboxylic acids is 1. The summed E-state index contributed by atoms with van der Waals surface area (Å²) >= 11 is 0. The van der Waals surface area contributed by atoms with Crippen LogP contribution in [0.4, 0.5) is 18.9 Å². The van der Waals surface area contributed by atoms with E-state index in [1.165, 1.54) is 4.90 Å². The van der Waals surface area contributed by atoms with E-state index in [0.29, 0.717) is 12.6 Å². The van der Waals surface area contributed by atoms with E-state index >= 15 is 0 Å². The molecule has 0 aliphatic carbocycles. The molecule has 0 saturated carbocycles. The van der Waals surface area contributed by atoms with Crippen molar-refractivity contribution in [2.24, 2.45) is 0 Å². The molecule has 8 heteroatoms. The molecule has 0 fully saturated rings. The molecular weight excluding hydrogens is 277 g/mol. The van der Waals surface area contributed by atoms with Gasteiger partial charge in [-0.05, 0) is 18.7 Å². The van der Waals surface area contributed by atoms with Gasteiger partial charge in [0.25, 0.3) is 0 Å². The second-order valence-corrected chi connectivity index (χ2v) is 3.97. The summed E-state index contributed by atoms with van der Waals surface area (Å²) in [5, 5.41) is 10.7. The lowest BCUT2D eigenvalue weighted by molar-refractivity contribution is -0.138. The number of likely N-dealkylation sites (N-methyl/N-ethyl adjacent to an activating group) is 1. The first-order valence-electron chi connectivity index (χ1n) is 5.72. The van der Waals surface area contributed by atoms with Gasteiger partial charge in [0, 0.05) is 0 Å². The molecule has 0 heterocycles. The number of halogens is 3. The molecule has 5 nitrogen and oxygen atoms in total. The second kappa shape index (κ2) is 6.90. The van der Waals surface area contributed by atoms with Crippen molar-refractivity contribution >= 4 is 17.6 Å². The number of rotatable bonds is 6. The third-order valence-corrected chi connectivity index (χ3v) is 2.48. The predicted molar refractivity (Wildman–Crippen MR) is 64.7 cm³/mol. The van der Waals surface area contributed by atoms with Gasteiger partial charge in [0.2, 0.25) is 5.91 Å². The van der Waals surface area contributed by atoms with Crippen LogP contribution in [-0.2, 0) is 9.59 Å². The van der Waals surface area contributed by atoms with E-state index in [-0.39, 0.29) is 13.1 Å². The number of carboxylic acid groups (broad SMARTS) is 1. The van der Waals surface area contributed by atoms with Crippen molar-refractivity contribution in [3.63, 3.8) is 0 Å². The Hall–Kier alpha value is -2.09. The lowest BCUT2D eigenvalue weighted by Gasteiger charge is -2.17. The lowest BCUT2D eigenvalue weighted by atomic mass is 10.2. The molecule has 1 aromatic rings. The van der Waals surface area contributed by atoms with Crippen LogP contribution in [-0.4, -0.2) is 41.5 Å². The Bertz CT molecular complexity index is 523. The number of nitrogens with one attached hydrogen (secondary N) is 1. The summed E-state index contributed by atoms with van der Waals surface area (Å²) in [7, 11) is 0. The molecule has 0 saturated heterocycles. The topological polar surface area (TPSA) is 69.6 Å². The van der Waals surface area contributed by atoms with Gasteiger partial charge in [0.05, 0.1) is 18.8 Å². The number of amides is 1. The van der Waals surface area contributed by atoms with E-state index in [0.717, 1.165) is 6.07 Å². The fraction of sp³-hybridized carbons (Fsp3) is 0.333. The third-order valence-electron chi connectivity index (χ3n) is 2.48. The van der Waals surface area contributed by atoms with Crippen molar-refractivity contribution in [1.29, 1.82) is 0 Å². The van der Waals surface area contributed by atoms with Gasteiger partial charge >= 0.3 is 5.97 Å². The van der Waals surface area contributed by atoms with E-state index in [1.807, 2.05) is 0 Å². The fourth-order valence-corrected chi connectivity index (χ4v) is 1.49. The van der Waals surface area contributed by atoms with Crippen molar-refractivity contribution in [3.8, 4) is 0 Å². The minimum atomic E-state index is -1.68. The van der Waals surface area contributed by atoms with Crippen LogP contribution < -0.4 is 5.32 Å². The molecular formula is C12H13F3N2O3. The van der Waals surface area contributed by atoms with E-state index in [1.54, 1.807) is 6.92 Å². The van der Waals surface area contributed by atoms with Crippen LogP contribution in [0, 0.1) is 17.5 Å². The van der Waals surface area contributed by atoms with E-state index in [9.17, 15) is 22.8 Å². The monoisotopic (exact) mass is 290 g/mol. The van der Waals surface area contributed by atoms with Gasteiger partial charge in [-0.1, -0.05) is 6.92 Å². The number of nitrogens with zero attached hydrogens (tertiary/aromatic N) is 1. The molecule has 2 N–H and O–H groups in total. The maximum absolute atomic E-state index is 13.3. The van der Waals surface area contributed by atoms with Crippen molar-refractivity contribution < 1.29 is 27.9 Å². The van der Waals surface area contributed by atoms with Crippen molar-refractivity contribution in [2.45, 2.75) is 6.92 Å². The van der Waals surface area contributed by atoms with Gasteiger partial charge < -0.3 is 10.4 Å². The largest absolute Gasteiger partial charge is 0.480 e.